The molecule has 1 heterocycles. The topological polar surface area (TPSA) is 38.7 Å². The van der Waals surface area contributed by atoms with E-state index in [1.165, 1.54) is 12.2 Å². The number of thioether (sulfide) groups is 1. The van der Waals surface area contributed by atoms with E-state index >= 15 is 0 Å². The van der Waals surface area contributed by atoms with Crippen LogP contribution >= 0.6 is 11.8 Å². The third kappa shape index (κ3) is 3.12. The Hall–Kier alpha value is -0.870. The van der Waals surface area contributed by atoms with Crippen LogP contribution in [0, 0.1) is 0 Å². The number of aliphatic hydroxyl groups is 1. The van der Waals surface area contributed by atoms with E-state index in [2.05, 4.69) is 0 Å². The lowest BCUT2D eigenvalue weighted by molar-refractivity contribution is 0.183. The number of hydrogen-bond acceptors (Lipinski definition) is 4. The number of aliphatic hydroxyl groups excluding tert-OH is 1. The third-order valence-electron chi connectivity index (χ3n) is 3.08. The van der Waals surface area contributed by atoms with Gasteiger partial charge in [-0.05, 0) is 31.6 Å². The van der Waals surface area contributed by atoms with Gasteiger partial charge in [0, 0.05) is 11.3 Å². The molecule has 1 fully saturated rings. The molecule has 0 aromatic heterocycles. The molecule has 2 atom stereocenters. The van der Waals surface area contributed by atoms with Crippen molar-refractivity contribution in [1.29, 1.82) is 0 Å². The van der Waals surface area contributed by atoms with Crippen LogP contribution in [0.1, 0.15) is 31.4 Å². The van der Waals surface area contributed by atoms with Crippen LogP contribution in [0.4, 0.5) is 0 Å². The maximum absolute atomic E-state index is 9.73. The van der Waals surface area contributed by atoms with Gasteiger partial charge in [0.05, 0.1) is 13.2 Å². The maximum Gasteiger partial charge on any atom is 0.166 e. The van der Waals surface area contributed by atoms with Gasteiger partial charge in [-0.3, -0.25) is 0 Å². The zero-order chi connectivity index (χ0) is 13.0. The predicted molar refractivity (Wildman–Crippen MR) is 74.6 cm³/mol. The van der Waals surface area contributed by atoms with E-state index in [1.807, 2.05) is 30.0 Å². The largest absolute Gasteiger partial charge is 0.492 e. The fourth-order valence-electron chi connectivity index (χ4n) is 2.16. The van der Waals surface area contributed by atoms with Gasteiger partial charge >= 0.3 is 0 Å². The minimum atomic E-state index is -0.552. The highest BCUT2D eigenvalue weighted by Crippen LogP contribution is 2.36. The Morgan fingerprint density at radius 1 is 1.44 bits per heavy atom. The maximum atomic E-state index is 9.73. The van der Waals surface area contributed by atoms with E-state index in [0.29, 0.717) is 5.75 Å². The molecular formula is C14H20O3S. The zero-order valence-corrected chi connectivity index (χ0v) is 11.7. The molecule has 0 bridgehead atoms. The van der Waals surface area contributed by atoms with Crippen LogP contribution in [-0.2, 0) is 0 Å². The summed E-state index contributed by atoms with van der Waals surface area (Å²) in [4.78, 5) is 0. The molecular weight excluding hydrogens is 248 g/mol. The lowest BCUT2D eigenvalue weighted by atomic mass is 10.1. The normalized spacial score (nSPS) is 21.4. The van der Waals surface area contributed by atoms with Gasteiger partial charge in [-0.1, -0.05) is 12.1 Å². The Morgan fingerprint density at radius 3 is 2.89 bits per heavy atom. The van der Waals surface area contributed by atoms with Crippen molar-refractivity contribution in [2.24, 2.45) is 0 Å². The minimum absolute atomic E-state index is 0.252. The van der Waals surface area contributed by atoms with Crippen LogP contribution in [0.5, 0.6) is 11.5 Å². The molecule has 0 aliphatic carbocycles. The molecule has 4 heteroatoms. The molecule has 1 saturated heterocycles. The first-order valence-corrected chi connectivity index (χ1v) is 7.47. The van der Waals surface area contributed by atoms with Gasteiger partial charge in [-0.25, -0.2) is 0 Å². The summed E-state index contributed by atoms with van der Waals surface area (Å²) in [6.07, 6.45) is 1.99. The summed E-state index contributed by atoms with van der Waals surface area (Å²) >= 11 is 1.93. The number of rotatable bonds is 4. The van der Waals surface area contributed by atoms with Gasteiger partial charge in [0.1, 0.15) is 6.10 Å². The fourth-order valence-corrected chi connectivity index (χ4v) is 3.19. The second-order valence-electron chi connectivity index (χ2n) is 4.51. The standard InChI is InChI=1S/C14H20O3S/c1-10(15)12-6-3-7-13(14(12)16-2)17-11-5-4-8-18-9-11/h3,6-7,10-11,15H,4-5,8-9H2,1-2H3. The first-order valence-electron chi connectivity index (χ1n) is 6.31. The Bertz CT molecular complexity index is 387. The second-order valence-corrected chi connectivity index (χ2v) is 5.66. The second kappa shape index (κ2) is 6.34. The fraction of sp³-hybridized carbons (Fsp3) is 0.571. The van der Waals surface area contributed by atoms with E-state index < -0.39 is 6.10 Å². The van der Waals surface area contributed by atoms with Gasteiger partial charge in [0.15, 0.2) is 11.5 Å². The number of methoxy groups -OCH3 is 1. The number of benzene rings is 1. The molecule has 2 unspecified atom stereocenters. The van der Waals surface area contributed by atoms with Gasteiger partial charge in [0.25, 0.3) is 0 Å². The molecule has 18 heavy (non-hydrogen) atoms. The molecule has 3 nitrogen and oxygen atoms in total. The van der Waals surface area contributed by atoms with Crippen molar-refractivity contribution in [2.45, 2.75) is 32.0 Å². The monoisotopic (exact) mass is 268 g/mol. The van der Waals surface area contributed by atoms with Gasteiger partial charge in [0.2, 0.25) is 0 Å². The molecule has 1 aromatic rings. The molecule has 2 rings (SSSR count). The molecule has 0 amide bonds. The van der Waals surface area contributed by atoms with E-state index in [0.717, 1.165) is 23.5 Å². The van der Waals surface area contributed by atoms with E-state index in [9.17, 15) is 5.11 Å². The molecule has 1 N–H and O–H groups in total. The highest BCUT2D eigenvalue weighted by atomic mass is 32.2. The van der Waals surface area contributed by atoms with Crippen molar-refractivity contribution in [1.82, 2.24) is 0 Å². The van der Waals surface area contributed by atoms with Gasteiger partial charge in [-0.2, -0.15) is 11.8 Å². The Morgan fingerprint density at radius 2 is 2.28 bits per heavy atom. The van der Waals surface area contributed by atoms with E-state index in [4.69, 9.17) is 9.47 Å². The molecule has 0 saturated carbocycles. The molecule has 1 aliphatic rings. The zero-order valence-electron chi connectivity index (χ0n) is 10.9. The highest BCUT2D eigenvalue weighted by Gasteiger charge is 2.19. The van der Waals surface area contributed by atoms with Gasteiger partial charge in [-0.15, -0.1) is 0 Å². The summed E-state index contributed by atoms with van der Waals surface area (Å²) in [6.45, 7) is 1.73. The number of hydrogen-bond donors (Lipinski definition) is 1. The first-order chi connectivity index (χ1) is 8.72. The predicted octanol–water partition coefficient (Wildman–Crippen LogP) is 3.02. The lowest BCUT2D eigenvalue weighted by Crippen LogP contribution is -2.23. The average molecular weight is 268 g/mol. The molecule has 0 radical (unpaired) electrons. The van der Waals surface area contributed by atoms with Crippen molar-refractivity contribution >= 4 is 11.8 Å². The summed E-state index contributed by atoms with van der Waals surface area (Å²) < 4.78 is 11.4. The molecule has 0 spiro atoms. The minimum Gasteiger partial charge on any atom is -0.492 e. The quantitative estimate of drug-likeness (QED) is 0.911. The SMILES string of the molecule is COc1c(OC2CCCSC2)cccc1C(C)O. The summed E-state index contributed by atoms with van der Waals surface area (Å²) in [5.41, 5.74) is 0.776. The molecule has 1 aliphatic heterocycles. The van der Waals surface area contributed by atoms with Crippen molar-refractivity contribution in [3.05, 3.63) is 23.8 Å². The van der Waals surface area contributed by atoms with Crippen molar-refractivity contribution in [2.75, 3.05) is 18.6 Å². The summed E-state index contributed by atoms with van der Waals surface area (Å²) in [6, 6.07) is 5.67. The Balaban J connectivity index is 2.18. The van der Waals surface area contributed by atoms with Crippen molar-refractivity contribution in [3.8, 4) is 11.5 Å². The van der Waals surface area contributed by atoms with Crippen LogP contribution in [0.25, 0.3) is 0 Å². The third-order valence-corrected chi connectivity index (χ3v) is 4.26. The Kier molecular flexibility index (Phi) is 4.78. The smallest absolute Gasteiger partial charge is 0.166 e. The van der Waals surface area contributed by atoms with Crippen LogP contribution in [-0.4, -0.2) is 29.8 Å². The van der Waals surface area contributed by atoms with Crippen LogP contribution in [0.3, 0.4) is 0 Å². The Labute approximate surface area is 112 Å². The lowest BCUT2D eigenvalue weighted by Gasteiger charge is -2.24. The van der Waals surface area contributed by atoms with Crippen molar-refractivity contribution in [3.63, 3.8) is 0 Å². The van der Waals surface area contributed by atoms with E-state index in [1.54, 1.807) is 14.0 Å². The summed E-state index contributed by atoms with van der Waals surface area (Å²) in [5.74, 6) is 3.65. The average Bonchev–Trinajstić information content (AvgIpc) is 2.39. The number of ether oxygens (including phenoxy) is 2. The van der Waals surface area contributed by atoms with Gasteiger partial charge < -0.3 is 14.6 Å². The molecule has 1 aromatic carbocycles. The highest BCUT2D eigenvalue weighted by molar-refractivity contribution is 7.99. The molecule has 100 valence electrons. The van der Waals surface area contributed by atoms with Crippen molar-refractivity contribution < 1.29 is 14.6 Å². The summed E-state index contributed by atoms with van der Waals surface area (Å²) in [7, 11) is 1.61. The summed E-state index contributed by atoms with van der Waals surface area (Å²) in [5, 5.41) is 9.73. The van der Waals surface area contributed by atoms with Crippen LogP contribution < -0.4 is 9.47 Å². The van der Waals surface area contributed by atoms with Crippen LogP contribution in [0.15, 0.2) is 18.2 Å². The van der Waals surface area contributed by atoms with E-state index in [-0.39, 0.29) is 6.10 Å². The van der Waals surface area contributed by atoms with Crippen LogP contribution in [0.2, 0.25) is 0 Å². The number of para-hydroxylation sites is 1. The first kappa shape index (κ1) is 13.6.